The van der Waals surface area contributed by atoms with E-state index in [-0.39, 0.29) is 0 Å². The summed E-state index contributed by atoms with van der Waals surface area (Å²) in [7, 11) is 0. The van der Waals surface area contributed by atoms with Crippen molar-refractivity contribution in [1.82, 2.24) is 9.97 Å². The summed E-state index contributed by atoms with van der Waals surface area (Å²) in [5.74, 6) is 0. The average molecular weight is 177 g/mol. The van der Waals surface area contributed by atoms with Crippen LogP contribution in [0.25, 0.3) is 10.9 Å². The first-order valence-corrected chi connectivity index (χ1v) is 3.91. The lowest BCUT2D eigenvalue weighted by molar-refractivity contribution is 1.33. The number of nitrogens with zero attached hydrogens (tertiary/aromatic N) is 1. The highest BCUT2D eigenvalue weighted by atomic mass is 32.1. The van der Waals surface area contributed by atoms with Crippen molar-refractivity contribution in [2.75, 3.05) is 0 Å². The van der Waals surface area contributed by atoms with Crippen LogP contribution in [0, 0.1) is 0 Å². The summed E-state index contributed by atoms with van der Waals surface area (Å²) in [6.07, 6.45) is 3.48. The molecule has 0 aliphatic rings. The highest BCUT2D eigenvalue weighted by Crippen LogP contribution is 2.12. The molecule has 2 rings (SSSR count). The van der Waals surface area contributed by atoms with Gasteiger partial charge in [0, 0.05) is 11.6 Å². The summed E-state index contributed by atoms with van der Waals surface area (Å²) < 4.78 is 0. The van der Waals surface area contributed by atoms with E-state index >= 15 is 0 Å². The Morgan fingerprint density at radius 2 is 2.42 bits per heavy atom. The highest BCUT2D eigenvalue weighted by molar-refractivity contribution is 7.80. The predicted molar refractivity (Wildman–Crippen MR) is 52.0 cm³/mol. The number of H-pyrrole nitrogens is 1. The van der Waals surface area contributed by atoms with Crippen LogP contribution in [0.2, 0.25) is 0 Å². The van der Waals surface area contributed by atoms with Crippen LogP contribution in [-0.2, 0) is 0 Å². The Morgan fingerprint density at radius 3 is 3.08 bits per heavy atom. The van der Waals surface area contributed by atoms with Crippen LogP contribution in [0.3, 0.4) is 0 Å². The third-order valence-electron chi connectivity index (χ3n) is 1.69. The Labute approximate surface area is 74.6 Å². The van der Waals surface area contributed by atoms with Gasteiger partial charge < -0.3 is 10.7 Å². The Hall–Kier alpha value is -1.42. The van der Waals surface area contributed by atoms with Gasteiger partial charge in [0.1, 0.15) is 4.99 Å². The fraction of sp³-hybridized carbons (Fsp3) is 0. The zero-order valence-electron chi connectivity index (χ0n) is 6.24. The summed E-state index contributed by atoms with van der Waals surface area (Å²) in [4.78, 5) is 7.42. The van der Waals surface area contributed by atoms with Gasteiger partial charge in [-0.25, -0.2) is 0 Å². The van der Waals surface area contributed by atoms with E-state index in [1.54, 1.807) is 12.4 Å². The van der Waals surface area contributed by atoms with Crippen LogP contribution >= 0.6 is 12.2 Å². The average Bonchev–Trinajstić information content (AvgIpc) is 2.46. The lowest BCUT2D eigenvalue weighted by Crippen LogP contribution is -2.09. The molecule has 3 nitrogen and oxygen atoms in total. The zero-order valence-corrected chi connectivity index (χ0v) is 7.06. The van der Waals surface area contributed by atoms with Gasteiger partial charge in [-0.3, -0.25) is 4.98 Å². The maximum Gasteiger partial charge on any atom is 0.120 e. The molecule has 3 N–H and O–H groups in total. The van der Waals surface area contributed by atoms with Crippen LogP contribution in [0.4, 0.5) is 0 Å². The number of aromatic amines is 1. The largest absolute Gasteiger partial charge is 0.388 e. The summed E-state index contributed by atoms with van der Waals surface area (Å²) in [5, 5.41) is 1.08. The third-order valence-corrected chi connectivity index (χ3v) is 1.91. The van der Waals surface area contributed by atoms with E-state index in [9.17, 15) is 0 Å². The highest BCUT2D eigenvalue weighted by Gasteiger charge is 2.00. The predicted octanol–water partition coefficient (Wildman–Crippen LogP) is 1.20. The number of aromatic nitrogens is 2. The zero-order chi connectivity index (χ0) is 8.55. The minimum Gasteiger partial charge on any atom is -0.388 e. The van der Waals surface area contributed by atoms with Crippen molar-refractivity contribution in [1.29, 1.82) is 0 Å². The first-order valence-electron chi connectivity index (χ1n) is 3.50. The molecular weight excluding hydrogens is 170 g/mol. The van der Waals surface area contributed by atoms with Crippen molar-refractivity contribution in [2.24, 2.45) is 5.73 Å². The van der Waals surface area contributed by atoms with E-state index in [0.29, 0.717) is 4.99 Å². The SMILES string of the molecule is NC(=S)c1cc2ccncc2[nH]1. The lowest BCUT2D eigenvalue weighted by Gasteiger charge is -1.87. The molecule has 0 atom stereocenters. The number of thiocarbonyl (C=S) groups is 1. The van der Waals surface area contributed by atoms with Gasteiger partial charge >= 0.3 is 0 Å². The lowest BCUT2D eigenvalue weighted by atomic mass is 10.3. The van der Waals surface area contributed by atoms with Gasteiger partial charge in [0.15, 0.2) is 0 Å². The monoisotopic (exact) mass is 177 g/mol. The Bertz CT molecular complexity index is 400. The Kier molecular flexibility index (Phi) is 1.55. The van der Waals surface area contributed by atoms with Gasteiger partial charge in [-0.1, -0.05) is 12.2 Å². The van der Waals surface area contributed by atoms with E-state index in [2.05, 4.69) is 9.97 Å². The molecule has 0 saturated heterocycles. The van der Waals surface area contributed by atoms with E-state index < -0.39 is 0 Å². The Balaban J connectivity index is 2.70. The summed E-state index contributed by atoms with van der Waals surface area (Å²) >= 11 is 4.83. The molecule has 0 bridgehead atoms. The maximum atomic E-state index is 5.46. The maximum absolute atomic E-state index is 5.46. The molecule has 0 amide bonds. The molecule has 12 heavy (non-hydrogen) atoms. The molecule has 0 unspecified atom stereocenters. The van der Waals surface area contributed by atoms with Gasteiger partial charge in [-0.15, -0.1) is 0 Å². The summed E-state index contributed by atoms with van der Waals surface area (Å²) in [5.41, 5.74) is 7.20. The van der Waals surface area contributed by atoms with Crippen molar-refractivity contribution in [3.63, 3.8) is 0 Å². The molecule has 2 aromatic heterocycles. The molecule has 0 fully saturated rings. The molecule has 0 aliphatic heterocycles. The van der Waals surface area contributed by atoms with Crippen LogP contribution in [-0.4, -0.2) is 15.0 Å². The molecule has 0 radical (unpaired) electrons. The van der Waals surface area contributed by atoms with Gasteiger partial charge in [0.2, 0.25) is 0 Å². The fourth-order valence-corrected chi connectivity index (χ4v) is 1.21. The molecule has 0 aromatic carbocycles. The van der Waals surface area contributed by atoms with Crippen LogP contribution < -0.4 is 5.73 Å². The second kappa shape index (κ2) is 2.57. The van der Waals surface area contributed by atoms with E-state index in [1.807, 2.05) is 12.1 Å². The van der Waals surface area contributed by atoms with Crippen LogP contribution in [0.15, 0.2) is 24.5 Å². The molecule has 2 aromatic rings. The van der Waals surface area contributed by atoms with Gasteiger partial charge in [-0.2, -0.15) is 0 Å². The quantitative estimate of drug-likeness (QED) is 0.643. The molecule has 60 valence electrons. The molecule has 2 heterocycles. The fourth-order valence-electron chi connectivity index (χ4n) is 1.10. The van der Waals surface area contributed by atoms with Gasteiger partial charge in [-0.05, 0) is 12.1 Å². The van der Waals surface area contributed by atoms with E-state index in [1.165, 1.54) is 0 Å². The standard InChI is InChI=1S/C8H7N3S/c9-8(12)6-3-5-1-2-10-4-7(5)11-6/h1-4,11H,(H2,9,12). The number of hydrogen-bond donors (Lipinski definition) is 2. The molecule has 0 aliphatic carbocycles. The van der Waals surface area contributed by atoms with Crippen LogP contribution in [0.5, 0.6) is 0 Å². The minimum atomic E-state index is 0.381. The number of rotatable bonds is 1. The van der Waals surface area contributed by atoms with Crippen molar-refractivity contribution < 1.29 is 0 Å². The summed E-state index contributed by atoms with van der Waals surface area (Å²) in [6, 6.07) is 3.83. The first kappa shape index (κ1) is 7.24. The number of pyridine rings is 1. The number of nitrogens with two attached hydrogens (primary N) is 1. The first-order chi connectivity index (χ1) is 5.77. The van der Waals surface area contributed by atoms with Crippen molar-refractivity contribution >= 4 is 28.1 Å². The second-order valence-electron chi connectivity index (χ2n) is 2.51. The van der Waals surface area contributed by atoms with Crippen molar-refractivity contribution in [3.8, 4) is 0 Å². The van der Waals surface area contributed by atoms with Crippen LogP contribution in [0.1, 0.15) is 5.69 Å². The number of nitrogens with one attached hydrogen (secondary N) is 1. The number of hydrogen-bond acceptors (Lipinski definition) is 2. The smallest absolute Gasteiger partial charge is 0.120 e. The Morgan fingerprint density at radius 1 is 1.58 bits per heavy atom. The van der Waals surface area contributed by atoms with E-state index in [0.717, 1.165) is 16.6 Å². The van der Waals surface area contributed by atoms with E-state index in [4.69, 9.17) is 18.0 Å². The summed E-state index contributed by atoms with van der Waals surface area (Å²) in [6.45, 7) is 0. The molecule has 0 spiro atoms. The molecular formula is C8H7N3S. The van der Waals surface area contributed by atoms with Gasteiger partial charge in [0.25, 0.3) is 0 Å². The second-order valence-corrected chi connectivity index (χ2v) is 2.95. The third kappa shape index (κ3) is 1.06. The van der Waals surface area contributed by atoms with Crippen molar-refractivity contribution in [2.45, 2.75) is 0 Å². The minimum absolute atomic E-state index is 0.381. The normalized spacial score (nSPS) is 10.3. The van der Waals surface area contributed by atoms with Gasteiger partial charge in [0.05, 0.1) is 17.4 Å². The molecule has 0 saturated carbocycles. The topological polar surface area (TPSA) is 54.7 Å². The van der Waals surface area contributed by atoms with Crippen molar-refractivity contribution in [3.05, 3.63) is 30.2 Å². The number of fused-ring (bicyclic) bond motifs is 1. The molecule has 4 heteroatoms.